The highest BCUT2D eigenvalue weighted by Gasteiger charge is 2.13. The number of benzene rings is 2. The average Bonchev–Trinajstić information content (AvgIpc) is 2.55. The molecule has 0 radical (unpaired) electrons. The number of hydrogen-bond donors (Lipinski definition) is 2. The molecule has 0 saturated heterocycles. The molecular weight excluding hydrogens is 397 g/mol. The lowest BCUT2D eigenvalue weighted by Gasteiger charge is -2.19. The summed E-state index contributed by atoms with van der Waals surface area (Å²) in [5.74, 6) is 1.29. The summed E-state index contributed by atoms with van der Waals surface area (Å²) < 4.78 is 0. The maximum atomic E-state index is 5.97. The standard InChI is InChI=1S/C19H25N3.HI/c1-15(2)13-21-19(20)22-14-18(16-9-5-3-6-10-16)17-11-7-4-8-12-17;/h3-12,15,18H,13-14H2,1-2H3,(H3,20,21,22);1H. The molecule has 0 fully saturated rings. The maximum Gasteiger partial charge on any atom is 0.188 e. The van der Waals surface area contributed by atoms with Crippen LogP contribution in [0.1, 0.15) is 30.9 Å². The molecule has 3 nitrogen and oxygen atoms in total. The Morgan fingerprint density at radius 1 is 0.957 bits per heavy atom. The third-order valence-corrected chi connectivity index (χ3v) is 3.52. The third-order valence-electron chi connectivity index (χ3n) is 3.52. The summed E-state index contributed by atoms with van der Waals surface area (Å²) in [4.78, 5) is 4.37. The Balaban J connectivity index is 0.00000264. The van der Waals surface area contributed by atoms with Gasteiger partial charge in [0.15, 0.2) is 5.96 Å². The second kappa shape index (κ2) is 10.3. The summed E-state index contributed by atoms with van der Waals surface area (Å²) in [5, 5.41) is 3.26. The van der Waals surface area contributed by atoms with E-state index in [1.165, 1.54) is 11.1 Å². The molecule has 0 amide bonds. The number of hydrogen-bond acceptors (Lipinski definition) is 1. The van der Waals surface area contributed by atoms with Gasteiger partial charge in [0.05, 0.1) is 0 Å². The Morgan fingerprint density at radius 3 is 1.87 bits per heavy atom. The normalized spacial score (nSPS) is 11.4. The summed E-state index contributed by atoms with van der Waals surface area (Å²) in [5.41, 5.74) is 8.52. The van der Waals surface area contributed by atoms with Crippen molar-refractivity contribution in [2.24, 2.45) is 16.6 Å². The van der Waals surface area contributed by atoms with E-state index in [0.29, 0.717) is 11.9 Å². The van der Waals surface area contributed by atoms with Crippen LogP contribution in [0.3, 0.4) is 0 Å². The molecule has 3 N–H and O–H groups in total. The van der Waals surface area contributed by atoms with Crippen LogP contribution in [0.2, 0.25) is 0 Å². The predicted molar refractivity (Wildman–Crippen MR) is 109 cm³/mol. The number of aliphatic imine (C=N–C) groups is 1. The van der Waals surface area contributed by atoms with Crippen LogP contribution in [0.15, 0.2) is 65.7 Å². The molecule has 0 heterocycles. The van der Waals surface area contributed by atoms with E-state index in [-0.39, 0.29) is 29.9 Å². The van der Waals surface area contributed by atoms with E-state index in [4.69, 9.17) is 5.73 Å². The lowest BCUT2D eigenvalue weighted by molar-refractivity contribution is 0.659. The molecule has 2 aromatic rings. The summed E-state index contributed by atoms with van der Waals surface area (Å²) in [6.45, 7) is 5.75. The van der Waals surface area contributed by atoms with Gasteiger partial charge in [0.2, 0.25) is 0 Å². The minimum absolute atomic E-state index is 0. The largest absolute Gasteiger partial charge is 0.370 e. The van der Waals surface area contributed by atoms with Crippen LogP contribution in [0.25, 0.3) is 0 Å². The summed E-state index contributed by atoms with van der Waals surface area (Å²) in [7, 11) is 0. The van der Waals surface area contributed by atoms with Crippen molar-refractivity contribution >= 4 is 29.9 Å². The fraction of sp³-hybridized carbons (Fsp3) is 0.316. The summed E-state index contributed by atoms with van der Waals surface area (Å²) in [6, 6.07) is 21.0. The first-order chi connectivity index (χ1) is 10.7. The Bertz CT molecular complexity index is 543. The Kier molecular flexibility index (Phi) is 8.69. The smallest absolute Gasteiger partial charge is 0.188 e. The van der Waals surface area contributed by atoms with Crippen molar-refractivity contribution in [2.75, 3.05) is 13.1 Å². The lowest BCUT2D eigenvalue weighted by Crippen LogP contribution is -2.35. The highest BCUT2D eigenvalue weighted by Crippen LogP contribution is 2.23. The molecule has 0 saturated carbocycles. The van der Waals surface area contributed by atoms with E-state index >= 15 is 0 Å². The molecule has 0 spiro atoms. The molecule has 0 bridgehead atoms. The summed E-state index contributed by atoms with van der Waals surface area (Å²) in [6.07, 6.45) is 0. The minimum Gasteiger partial charge on any atom is -0.370 e. The third kappa shape index (κ3) is 6.60. The second-order valence-electron chi connectivity index (χ2n) is 5.87. The van der Waals surface area contributed by atoms with E-state index in [2.05, 4.69) is 72.7 Å². The zero-order valence-electron chi connectivity index (χ0n) is 13.8. The molecule has 0 aromatic heterocycles. The molecule has 23 heavy (non-hydrogen) atoms. The highest BCUT2D eigenvalue weighted by molar-refractivity contribution is 14.0. The van der Waals surface area contributed by atoms with Crippen molar-refractivity contribution in [3.63, 3.8) is 0 Å². The van der Waals surface area contributed by atoms with Gasteiger partial charge in [0.25, 0.3) is 0 Å². The number of nitrogens with two attached hydrogens (primary N) is 1. The SMILES string of the molecule is CC(C)CN=C(N)NCC(c1ccccc1)c1ccccc1.I. The van der Waals surface area contributed by atoms with E-state index in [9.17, 15) is 0 Å². The van der Waals surface area contributed by atoms with Gasteiger partial charge >= 0.3 is 0 Å². The maximum absolute atomic E-state index is 5.97. The van der Waals surface area contributed by atoms with Crippen molar-refractivity contribution in [1.29, 1.82) is 0 Å². The van der Waals surface area contributed by atoms with Gasteiger partial charge in [-0.3, -0.25) is 4.99 Å². The van der Waals surface area contributed by atoms with Gasteiger partial charge in [-0.2, -0.15) is 0 Å². The highest BCUT2D eigenvalue weighted by atomic mass is 127. The molecule has 4 heteroatoms. The molecule has 0 aliphatic carbocycles. The molecule has 124 valence electrons. The fourth-order valence-corrected chi connectivity index (χ4v) is 2.34. The fourth-order valence-electron chi connectivity index (χ4n) is 2.34. The van der Waals surface area contributed by atoms with Crippen molar-refractivity contribution in [1.82, 2.24) is 5.32 Å². The average molecular weight is 423 g/mol. The van der Waals surface area contributed by atoms with E-state index in [0.717, 1.165) is 13.1 Å². The van der Waals surface area contributed by atoms with Crippen molar-refractivity contribution < 1.29 is 0 Å². The lowest BCUT2D eigenvalue weighted by atomic mass is 9.91. The van der Waals surface area contributed by atoms with Crippen LogP contribution in [0, 0.1) is 5.92 Å². The van der Waals surface area contributed by atoms with Crippen LogP contribution in [-0.4, -0.2) is 19.0 Å². The Labute approximate surface area is 156 Å². The Morgan fingerprint density at radius 2 is 1.43 bits per heavy atom. The van der Waals surface area contributed by atoms with Gasteiger partial charge in [0, 0.05) is 19.0 Å². The Hall–Kier alpha value is -1.56. The van der Waals surface area contributed by atoms with Crippen LogP contribution in [0.5, 0.6) is 0 Å². The number of nitrogens with one attached hydrogen (secondary N) is 1. The first-order valence-corrected chi connectivity index (χ1v) is 7.80. The number of rotatable bonds is 6. The summed E-state index contributed by atoms with van der Waals surface area (Å²) >= 11 is 0. The number of guanidine groups is 1. The van der Waals surface area contributed by atoms with E-state index in [1.54, 1.807) is 0 Å². The number of nitrogens with zero attached hydrogens (tertiary/aromatic N) is 1. The van der Waals surface area contributed by atoms with Crippen LogP contribution in [-0.2, 0) is 0 Å². The topological polar surface area (TPSA) is 50.4 Å². The van der Waals surface area contributed by atoms with Gasteiger partial charge in [-0.15, -0.1) is 24.0 Å². The minimum atomic E-state index is 0. The zero-order valence-corrected chi connectivity index (χ0v) is 16.1. The second-order valence-corrected chi connectivity index (χ2v) is 5.87. The first kappa shape index (κ1) is 19.5. The van der Waals surface area contributed by atoms with Gasteiger partial charge in [-0.05, 0) is 17.0 Å². The van der Waals surface area contributed by atoms with Crippen molar-refractivity contribution in [3.05, 3.63) is 71.8 Å². The molecule has 2 aromatic carbocycles. The number of halogens is 1. The molecule has 0 unspecified atom stereocenters. The molecule has 0 aliphatic rings. The van der Waals surface area contributed by atoms with Crippen molar-refractivity contribution in [3.8, 4) is 0 Å². The van der Waals surface area contributed by atoms with Crippen LogP contribution in [0.4, 0.5) is 0 Å². The molecule has 0 atom stereocenters. The van der Waals surface area contributed by atoms with Crippen LogP contribution < -0.4 is 11.1 Å². The van der Waals surface area contributed by atoms with Crippen molar-refractivity contribution in [2.45, 2.75) is 19.8 Å². The monoisotopic (exact) mass is 423 g/mol. The van der Waals surface area contributed by atoms with Gasteiger partial charge in [0.1, 0.15) is 0 Å². The predicted octanol–water partition coefficient (Wildman–Crippen LogP) is 4.00. The quantitative estimate of drug-likeness (QED) is 0.419. The van der Waals surface area contributed by atoms with E-state index < -0.39 is 0 Å². The van der Waals surface area contributed by atoms with Crippen LogP contribution >= 0.6 is 24.0 Å². The molecular formula is C19H26IN3. The van der Waals surface area contributed by atoms with Gasteiger partial charge in [-0.1, -0.05) is 74.5 Å². The van der Waals surface area contributed by atoms with Gasteiger partial charge < -0.3 is 11.1 Å². The molecule has 0 aliphatic heterocycles. The molecule has 2 rings (SSSR count). The zero-order chi connectivity index (χ0) is 15.8. The first-order valence-electron chi connectivity index (χ1n) is 7.80. The van der Waals surface area contributed by atoms with Gasteiger partial charge in [-0.25, -0.2) is 0 Å². The van der Waals surface area contributed by atoms with E-state index in [1.807, 2.05) is 12.1 Å².